The zero-order chi connectivity index (χ0) is 10.7. The first-order valence-electron chi connectivity index (χ1n) is 4.82. The number of nitrogens with zero attached hydrogens (tertiary/aromatic N) is 2. The number of H-pyrrole nitrogens is 1. The van der Waals surface area contributed by atoms with Crippen LogP contribution in [0.5, 0.6) is 5.88 Å². The summed E-state index contributed by atoms with van der Waals surface area (Å²) in [6.45, 7) is 1.70. The van der Waals surface area contributed by atoms with Gasteiger partial charge in [-0.15, -0.1) is 0 Å². The molecule has 15 heavy (non-hydrogen) atoms. The summed E-state index contributed by atoms with van der Waals surface area (Å²) >= 11 is 0. The van der Waals surface area contributed by atoms with Crippen LogP contribution in [0.1, 0.15) is 12.8 Å². The molecule has 0 amide bonds. The molecule has 0 saturated carbocycles. The Kier molecular flexibility index (Phi) is 2.82. The normalized spacial score (nSPS) is 21.2. The molecule has 1 atom stereocenters. The molecule has 2 heterocycles. The van der Waals surface area contributed by atoms with Crippen molar-refractivity contribution in [3.63, 3.8) is 0 Å². The second-order valence-electron chi connectivity index (χ2n) is 3.43. The molecule has 82 valence electrons. The molecule has 7 heteroatoms. The Hall–Kier alpha value is -1.63. The average molecular weight is 212 g/mol. The van der Waals surface area contributed by atoms with E-state index in [-0.39, 0.29) is 17.7 Å². The van der Waals surface area contributed by atoms with E-state index in [2.05, 4.69) is 15.5 Å². The molecule has 2 N–H and O–H groups in total. The van der Waals surface area contributed by atoms with Crippen molar-refractivity contribution in [2.45, 2.75) is 18.9 Å². The molecule has 2 rings (SSSR count). The van der Waals surface area contributed by atoms with Gasteiger partial charge in [0.15, 0.2) is 0 Å². The smallest absolute Gasteiger partial charge is 0.350 e. The highest BCUT2D eigenvalue weighted by Crippen LogP contribution is 2.24. The second-order valence-corrected chi connectivity index (χ2v) is 3.43. The summed E-state index contributed by atoms with van der Waals surface area (Å²) in [6, 6.07) is 0. The van der Waals surface area contributed by atoms with E-state index in [1.54, 1.807) is 0 Å². The minimum atomic E-state index is -0.505. The molecule has 1 fully saturated rings. The zero-order valence-corrected chi connectivity index (χ0v) is 8.10. The molecular weight excluding hydrogens is 200 g/mol. The number of piperidine rings is 1. The lowest BCUT2D eigenvalue weighted by atomic mass is 10.1. The first kappa shape index (κ1) is 9.91. The van der Waals surface area contributed by atoms with E-state index < -0.39 is 4.92 Å². The largest absolute Gasteiger partial charge is 0.468 e. The Morgan fingerprint density at radius 2 is 2.53 bits per heavy atom. The van der Waals surface area contributed by atoms with E-state index in [1.807, 2.05) is 0 Å². The molecule has 1 aliphatic heterocycles. The van der Waals surface area contributed by atoms with Crippen LogP contribution in [0.15, 0.2) is 6.20 Å². The quantitative estimate of drug-likeness (QED) is 0.560. The minimum Gasteiger partial charge on any atom is -0.468 e. The Balaban J connectivity index is 2.03. The van der Waals surface area contributed by atoms with Crippen LogP contribution < -0.4 is 10.1 Å². The lowest BCUT2D eigenvalue weighted by Gasteiger charge is -2.22. The van der Waals surface area contributed by atoms with Gasteiger partial charge in [-0.05, 0) is 19.4 Å². The van der Waals surface area contributed by atoms with Crippen LogP contribution in [0.25, 0.3) is 0 Å². The highest BCUT2D eigenvalue weighted by Gasteiger charge is 2.22. The maximum atomic E-state index is 10.6. The van der Waals surface area contributed by atoms with Gasteiger partial charge < -0.3 is 10.1 Å². The van der Waals surface area contributed by atoms with Crippen molar-refractivity contribution in [1.82, 2.24) is 15.5 Å². The third-order valence-corrected chi connectivity index (χ3v) is 2.32. The van der Waals surface area contributed by atoms with Crippen LogP contribution in [-0.4, -0.2) is 34.3 Å². The van der Waals surface area contributed by atoms with E-state index in [0.29, 0.717) is 0 Å². The number of hydrogen-bond donors (Lipinski definition) is 2. The Morgan fingerprint density at radius 3 is 3.20 bits per heavy atom. The molecule has 0 aromatic carbocycles. The topological polar surface area (TPSA) is 93.1 Å². The van der Waals surface area contributed by atoms with Gasteiger partial charge >= 0.3 is 5.69 Å². The average Bonchev–Trinajstić information content (AvgIpc) is 2.67. The first-order chi connectivity index (χ1) is 7.27. The predicted molar refractivity (Wildman–Crippen MR) is 51.8 cm³/mol. The number of nitro groups is 1. The second kappa shape index (κ2) is 4.26. The Labute approximate surface area is 86.0 Å². The molecule has 1 saturated heterocycles. The van der Waals surface area contributed by atoms with Gasteiger partial charge in [0.1, 0.15) is 12.3 Å². The van der Waals surface area contributed by atoms with Crippen molar-refractivity contribution in [1.29, 1.82) is 0 Å². The SMILES string of the molecule is O=[N+]([O-])c1cn[nH]c1OC1CCCNC1. The van der Waals surface area contributed by atoms with Gasteiger partial charge in [0, 0.05) is 6.54 Å². The first-order valence-corrected chi connectivity index (χ1v) is 4.82. The molecule has 1 aromatic heterocycles. The van der Waals surface area contributed by atoms with Gasteiger partial charge in [-0.2, -0.15) is 5.10 Å². The maximum absolute atomic E-state index is 10.6. The summed E-state index contributed by atoms with van der Waals surface area (Å²) in [6.07, 6.45) is 3.07. The molecule has 0 spiro atoms. The highest BCUT2D eigenvalue weighted by molar-refractivity contribution is 5.37. The van der Waals surface area contributed by atoms with E-state index in [4.69, 9.17) is 4.74 Å². The summed E-state index contributed by atoms with van der Waals surface area (Å²) in [4.78, 5) is 10.1. The molecule has 0 radical (unpaired) electrons. The van der Waals surface area contributed by atoms with Crippen molar-refractivity contribution in [2.24, 2.45) is 0 Å². The number of hydrogen-bond acceptors (Lipinski definition) is 5. The van der Waals surface area contributed by atoms with Crippen molar-refractivity contribution >= 4 is 5.69 Å². The van der Waals surface area contributed by atoms with E-state index >= 15 is 0 Å². The van der Waals surface area contributed by atoms with E-state index in [9.17, 15) is 10.1 Å². The summed E-state index contributed by atoms with van der Waals surface area (Å²) < 4.78 is 5.47. The van der Waals surface area contributed by atoms with Crippen molar-refractivity contribution in [3.05, 3.63) is 16.3 Å². The molecule has 1 aliphatic rings. The minimum absolute atomic E-state index is 0.0158. The monoisotopic (exact) mass is 212 g/mol. The van der Waals surface area contributed by atoms with Crippen molar-refractivity contribution in [3.8, 4) is 5.88 Å². The van der Waals surface area contributed by atoms with Gasteiger partial charge in [0.05, 0.1) is 4.92 Å². The summed E-state index contributed by atoms with van der Waals surface area (Å²) in [5.41, 5.74) is -0.111. The van der Waals surface area contributed by atoms with Crippen LogP contribution >= 0.6 is 0 Å². The molecule has 7 nitrogen and oxygen atoms in total. The van der Waals surface area contributed by atoms with Crippen molar-refractivity contribution in [2.75, 3.05) is 13.1 Å². The van der Waals surface area contributed by atoms with E-state index in [0.717, 1.165) is 32.1 Å². The third kappa shape index (κ3) is 2.24. The van der Waals surface area contributed by atoms with Crippen LogP contribution in [-0.2, 0) is 0 Å². The molecule has 1 unspecified atom stereocenters. The Bertz CT molecular complexity index is 345. The standard InChI is InChI=1S/C8H12N4O3/c13-12(14)7-5-10-11-8(7)15-6-2-1-3-9-4-6/h5-6,9H,1-4H2,(H,10,11). The van der Waals surface area contributed by atoms with Gasteiger partial charge in [-0.25, -0.2) is 5.10 Å². The molecule has 1 aromatic rings. The lowest BCUT2D eigenvalue weighted by molar-refractivity contribution is -0.386. The van der Waals surface area contributed by atoms with Gasteiger partial charge in [-0.1, -0.05) is 0 Å². The van der Waals surface area contributed by atoms with Gasteiger partial charge in [0.2, 0.25) is 0 Å². The third-order valence-electron chi connectivity index (χ3n) is 2.32. The zero-order valence-electron chi connectivity index (χ0n) is 8.10. The number of ether oxygens (including phenoxy) is 1. The fraction of sp³-hybridized carbons (Fsp3) is 0.625. The number of aromatic amines is 1. The van der Waals surface area contributed by atoms with Crippen LogP contribution in [0, 0.1) is 10.1 Å². The summed E-state index contributed by atoms with van der Waals surface area (Å²) in [5.74, 6) is 0.147. The number of aromatic nitrogens is 2. The van der Waals surface area contributed by atoms with Crippen LogP contribution in [0.2, 0.25) is 0 Å². The van der Waals surface area contributed by atoms with Gasteiger partial charge in [0.25, 0.3) is 5.88 Å². The highest BCUT2D eigenvalue weighted by atomic mass is 16.6. The van der Waals surface area contributed by atoms with Crippen LogP contribution in [0.4, 0.5) is 5.69 Å². The fourth-order valence-electron chi connectivity index (χ4n) is 1.57. The maximum Gasteiger partial charge on any atom is 0.350 e. The molecular formula is C8H12N4O3. The molecule has 0 bridgehead atoms. The predicted octanol–water partition coefficient (Wildman–Crippen LogP) is 0.449. The van der Waals surface area contributed by atoms with E-state index in [1.165, 1.54) is 0 Å². The number of nitrogens with one attached hydrogen (secondary N) is 2. The fourth-order valence-corrected chi connectivity index (χ4v) is 1.57. The Morgan fingerprint density at radius 1 is 1.67 bits per heavy atom. The van der Waals surface area contributed by atoms with Crippen LogP contribution in [0.3, 0.4) is 0 Å². The van der Waals surface area contributed by atoms with Gasteiger partial charge in [-0.3, -0.25) is 10.1 Å². The lowest BCUT2D eigenvalue weighted by Crippen LogP contribution is -2.37. The summed E-state index contributed by atoms with van der Waals surface area (Å²) in [7, 11) is 0. The van der Waals surface area contributed by atoms with Crippen molar-refractivity contribution < 1.29 is 9.66 Å². The number of rotatable bonds is 3. The summed E-state index contributed by atoms with van der Waals surface area (Å²) in [5, 5.41) is 19.8. The molecule has 0 aliphatic carbocycles.